The first-order valence-corrected chi connectivity index (χ1v) is 10.4. The number of methoxy groups -OCH3 is 1. The minimum atomic E-state index is -1.13. The van der Waals surface area contributed by atoms with Crippen molar-refractivity contribution in [1.82, 2.24) is 0 Å². The number of hydrogen-bond donors (Lipinski definition) is 0. The number of rotatable bonds is 6. The summed E-state index contributed by atoms with van der Waals surface area (Å²) in [6, 6.07) is 9.15. The van der Waals surface area contributed by atoms with Crippen LogP contribution in [0.5, 0.6) is 0 Å². The summed E-state index contributed by atoms with van der Waals surface area (Å²) < 4.78 is 5.03. The van der Waals surface area contributed by atoms with Gasteiger partial charge < -0.3 is 4.74 Å². The van der Waals surface area contributed by atoms with E-state index in [-0.39, 0.29) is 0 Å². The minimum absolute atomic E-state index is 0.845. The third kappa shape index (κ3) is 4.72. The molecule has 1 aromatic rings. The first kappa shape index (κ1) is 13.8. The van der Waals surface area contributed by atoms with Gasteiger partial charge in [-0.3, -0.25) is 0 Å². The molecule has 1 nitrogen and oxygen atoms in total. The molecule has 16 heavy (non-hydrogen) atoms. The van der Waals surface area contributed by atoms with Crippen molar-refractivity contribution in [3.8, 4) is 0 Å². The predicted octanol–water partition coefficient (Wildman–Crippen LogP) is 3.11. The monoisotopic (exact) mass is 254 g/mol. The van der Waals surface area contributed by atoms with Crippen molar-refractivity contribution in [2.75, 3.05) is 19.5 Å². The number of benzene rings is 1. The van der Waals surface area contributed by atoms with Gasteiger partial charge in [0.05, 0.1) is 14.7 Å². The highest BCUT2D eigenvalue weighted by molar-refractivity contribution is 7.98. The van der Waals surface area contributed by atoms with Gasteiger partial charge in [0.1, 0.15) is 0 Å². The van der Waals surface area contributed by atoms with E-state index < -0.39 is 8.07 Å². The molecular weight excluding hydrogens is 232 g/mol. The fourth-order valence-corrected chi connectivity index (χ4v) is 3.46. The molecule has 3 heteroatoms. The number of thioether (sulfide) groups is 1. The predicted molar refractivity (Wildman–Crippen MR) is 77.5 cm³/mol. The molecule has 0 spiro atoms. The maximum absolute atomic E-state index is 5.03. The third-order valence-electron chi connectivity index (χ3n) is 2.52. The van der Waals surface area contributed by atoms with Gasteiger partial charge in [-0.15, -0.1) is 0 Å². The zero-order valence-electron chi connectivity index (χ0n) is 10.7. The van der Waals surface area contributed by atoms with Crippen LogP contribution in [0.15, 0.2) is 24.3 Å². The molecule has 0 aromatic heterocycles. The zero-order valence-corrected chi connectivity index (χ0v) is 12.6. The summed E-state index contributed by atoms with van der Waals surface area (Å²) in [4.78, 5) is 0. The molecule has 1 rings (SSSR count). The van der Waals surface area contributed by atoms with E-state index in [4.69, 9.17) is 4.74 Å². The van der Waals surface area contributed by atoms with E-state index in [9.17, 15) is 0 Å². The van der Waals surface area contributed by atoms with Gasteiger partial charge in [0, 0.05) is 18.6 Å². The summed E-state index contributed by atoms with van der Waals surface area (Å²) in [5, 5.41) is 1.54. The highest BCUT2D eigenvalue weighted by Gasteiger charge is 2.15. The van der Waals surface area contributed by atoms with Gasteiger partial charge in [0.15, 0.2) is 0 Å². The van der Waals surface area contributed by atoms with E-state index in [1.807, 2.05) is 11.8 Å². The molecule has 0 fully saturated rings. The lowest BCUT2D eigenvalue weighted by Crippen LogP contribution is -2.37. The van der Waals surface area contributed by atoms with Crippen LogP contribution in [0, 0.1) is 0 Å². The van der Waals surface area contributed by atoms with Crippen LogP contribution in [0.4, 0.5) is 0 Å². The summed E-state index contributed by atoms with van der Waals surface area (Å²) in [5.41, 5.74) is 1.42. The third-order valence-corrected chi connectivity index (χ3v) is 5.58. The highest BCUT2D eigenvalue weighted by atomic mass is 32.2. The highest BCUT2D eigenvalue weighted by Crippen LogP contribution is 2.12. The molecule has 1 aromatic carbocycles. The van der Waals surface area contributed by atoms with Gasteiger partial charge in [-0.2, -0.15) is 11.8 Å². The maximum atomic E-state index is 5.03. The van der Waals surface area contributed by atoms with Crippen LogP contribution in [0.2, 0.25) is 19.6 Å². The van der Waals surface area contributed by atoms with Crippen molar-refractivity contribution >= 4 is 25.0 Å². The molecule has 0 saturated heterocycles. The van der Waals surface area contributed by atoms with Crippen molar-refractivity contribution in [3.05, 3.63) is 29.8 Å². The van der Waals surface area contributed by atoms with Crippen LogP contribution in [0.3, 0.4) is 0 Å². The van der Waals surface area contributed by atoms with Crippen molar-refractivity contribution in [2.45, 2.75) is 25.4 Å². The largest absolute Gasteiger partial charge is 0.384 e. The maximum Gasteiger partial charge on any atom is 0.0775 e. The molecule has 0 bridgehead atoms. The summed E-state index contributed by atoms with van der Waals surface area (Å²) >= 11 is 1.93. The lowest BCUT2D eigenvalue weighted by atomic mass is 10.2. The molecular formula is C13H22OSSi. The van der Waals surface area contributed by atoms with E-state index in [2.05, 4.69) is 43.9 Å². The second kappa shape index (κ2) is 6.47. The Morgan fingerprint density at radius 2 is 1.75 bits per heavy atom. The van der Waals surface area contributed by atoms with Crippen molar-refractivity contribution in [3.63, 3.8) is 0 Å². The van der Waals surface area contributed by atoms with Crippen LogP contribution < -0.4 is 5.19 Å². The molecule has 0 aliphatic heterocycles. The first-order chi connectivity index (χ1) is 7.54. The Hall–Kier alpha value is -0.253. The van der Waals surface area contributed by atoms with Gasteiger partial charge in [-0.25, -0.2) is 0 Å². The van der Waals surface area contributed by atoms with Crippen molar-refractivity contribution < 1.29 is 4.74 Å². The first-order valence-electron chi connectivity index (χ1n) is 5.70. The lowest BCUT2D eigenvalue weighted by Gasteiger charge is -2.16. The second-order valence-electron chi connectivity index (χ2n) is 4.99. The molecule has 0 aliphatic carbocycles. The fourth-order valence-electron chi connectivity index (χ4n) is 1.43. The average molecular weight is 254 g/mol. The van der Waals surface area contributed by atoms with E-state index in [0.29, 0.717) is 0 Å². The van der Waals surface area contributed by atoms with E-state index in [0.717, 1.165) is 18.1 Å². The van der Waals surface area contributed by atoms with Gasteiger partial charge in [0.25, 0.3) is 0 Å². The van der Waals surface area contributed by atoms with Crippen LogP contribution in [-0.2, 0) is 10.5 Å². The standard InChI is InChI=1S/C13H22OSSi/c1-14-9-10-15-11-12-5-7-13(8-6-12)16(2,3)4/h5-8H,9-11H2,1-4H3. The quantitative estimate of drug-likeness (QED) is 0.570. The van der Waals surface area contributed by atoms with Gasteiger partial charge in [-0.05, 0) is 5.56 Å². The molecule has 0 heterocycles. The van der Waals surface area contributed by atoms with Gasteiger partial charge in [0.2, 0.25) is 0 Å². The van der Waals surface area contributed by atoms with Crippen molar-refractivity contribution in [2.24, 2.45) is 0 Å². The Balaban J connectivity index is 2.46. The van der Waals surface area contributed by atoms with Gasteiger partial charge in [-0.1, -0.05) is 49.1 Å². The average Bonchev–Trinajstić information content (AvgIpc) is 2.24. The number of ether oxygens (including phenoxy) is 1. The molecule has 0 unspecified atom stereocenters. The normalized spacial score (nSPS) is 11.8. The molecule has 0 amide bonds. The summed E-state index contributed by atoms with van der Waals surface area (Å²) in [6.45, 7) is 8.00. The summed E-state index contributed by atoms with van der Waals surface area (Å²) in [7, 11) is 0.626. The summed E-state index contributed by atoms with van der Waals surface area (Å²) in [5.74, 6) is 2.17. The lowest BCUT2D eigenvalue weighted by molar-refractivity contribution is 0.218. The minimum Gasteiger partial charge on any atom is -0.384 e. The zero-order chi connectivity index (χ0) is 12.0. The Bertz CT molecular complexity index is 303. The summed E-state index contributed by atoms with van der Waals surface area (Å²) in [6.07, 6.45) is 0. The van der Waals surface area contributed by atoms with Crippen LogP contribution >= 0.6 is 11.8 Å². The molecule has 90 valence electrons. The molecule has 0 saturated carbocycles. The van der Waals surface area contributed by atoms with Crippen molar-refractivity contribution in [1.29, 1.82) is 0 Å². The van der Waals surface area contributed by atoms with Crippen LogP contribution in [0.25, 0.3) is 0 Å². The van der Waals surface area contributed by atoms with E-state index in [1.54, 1.807) is 7.11 Å². The van der Waals surface area contributed by atoms with E-state index in [1.165, 1.54) is 10.8 Å². The van der Waals surface area contributed by atoms with Crippen LogP contribution in [-0.4, -0.2) is 27.5 Å². The Labute approximate surface area is 105 Å². The Morgan fingerprint density at radius 1 is 1.12 bits per heavy atom. The molecule has 0 N–H and O–H groups in total. The smallest absolute Gasteiger partial charge is 0.0775 e. The molecule has 0 radical (unpaired) electrons. The Morgan fingerprint density at radius 3 is 2.25 bits per heavy atom. The molecule has 0 aliphatic rings. The fraction of sp³-hybridized carbons (Fsp3) is 0.538. The topological polar surface area (TPSA) is 9.23 Å². The van der Waals surface area contributed by atoms with E-state index >= 15 is 0 Å². The van der Waals surface area contributed by atoms with Gasteiger partial charge >= 0.3 is 0 Å². The number of hydrogen-bond acceptors (Lipinski definition) is 2. The second-order valence-corrected chi connectivity index (χ2v) is 11.2. The molecule has 0 atom stereocenters. The SMILES string of the molecule is COCCSCc1ccc([Si](C)(C)C)cc1. The Kier molecular flexibility index (Phi) is 5.59. The van der Waals surface area contributed by atoms with Crippen LogP contribution in [0.1, 0.15) is 5.56 Å².